The lowest BCUT2D eigenvalue weighted by molar-refractivity contribution is 0.174. The number of nitrogens with one attached hydrogen (secondary N) is 2. The number of fused-ring (bicyclic) bond motifs is 1. The number of piperidine rings is 1. The van der Waals surface area contributed by atoms with Crippen LogP contribution in [0.25, 0.3) is 0 Å². The van der Waals surface area contributed by atoms with Crippen LogP contribution in [0.5, 0.6) is 11.5 Å². The molecule has 2 N–H and O–H groups in total. The number of para-hydroxylation sites is 1. The number of anilines is 4. The van der Waals surface area contributed by atoms with Crippen LogP contribution < -0.4 is 25.0 Å². The second-order valence-electron chi connectivity index (χ2n) is 7.52. The Morgan fingerprint density at radius 1 is 0.833 bits per heavy atom. The average molecular weight is 403 g/mol. The molecular formula is C23H25N5O2. The van der Waals surface area contributed by atoms with Crippen molar-refractivity contribution < 1.29 is 9.47 Å². The van der Waals surface area contributed by atoms with Crippen LogP contribution in [0.15, 0.2) is 54.6 Å². The normalized spacial score (nSPS) is 15.1. The number of ether oxygens (including phenoxy) is 2. The number of rotatable bonds is 6. The van der Waals surface area contributed by atoms with Crippen molar-refractivity contribution in [1.29, 1.82) is 0 Å². The first-order chi connectivity index (χ1) is 14.8. The van der Waals surface area contributed by atoms with Crippen LogP contribution in [0.3, 0.4) is 0 Å². The predicted octanol–water partition coefficient (Wildman–Crippen LogP) is 4.55. The Labute approximate surface area is 176 Å². The van der Waals surface area contributed by atoms with E-state index in [0.717, 1.165) is 53.4 Å². The van der Waals surface area contributed by atoms with Gasteiger partial charge in [-0.05, 0) is 49.1 Å². The van der Waals surface area contributed by atoms with Crippen molar-refractivity contribution in [2.45, 2.75) is 25.8 Å². The summed E-state index contributed by atoms with van der Waals surface area (Å²) in [5.41, 5.74) is 2.11. The molecule has 0 amide bonds. The lowest BCUT2D eigenvalue weighted by Crippen LogP contribution is -2.31. The van der Waals surface area contributed by atoms with Crippen LogP contribution in [0, 0.1) is 0 Å². The molecule has 1 saturated heterocycles. The van der Waals surface area contributed by atoms with Gasteiger partial charge in [0.25, 0.3) is 0 Å². The van der Waals surface area contributed by atoms with Crippen LogP contribution in [0.1, 0.15) is 24.8 Å². The molecule has 0 bridgehead atoms. The topological polar surface area (TPSA) is 71.5 Å². The molecule has 2 aliphatic heterocycles. The standard InChI is InChI=1S/C23H25N5O2/c1-3-7-18(8-4-1)25-22-14-21(26-23(27-22)28-11-5-2-6-12-28)24-15-17-9-10-19-20(13-17)30-16-29-19/h1,3-4,7-10,13-14H,2,5-6,11-12,15-16H2,(H2,24,25,26,27). The molecule has 30 heavy (non-hydrogen) atoms. The fourth-order valence-electron chi connectivity index (χ4n) is 3.74. The molecule has 5 rings (SSSR count). The van der Waals surface area contributed by atoms with Crippen molar-refractivity contribution in [2.75, 3.05) is 35.4 Å². The van der Waals surface area contributed by atoms with Crippen molar-refractivity contribution in [3.05, 3.63) is 60.2 Å². The molecule has 154 valence electrons. The SMILES string of the molecule is c1ccc(Nc2cc(NCc3ccc4c(c3)OCO4)nc(N3CCCCC3)n2)cc1. The minimum atomic E-state index is 0.284. The van der Waals surface area contributed by atoms with E-state index >= 15 is 0 Å². The monoisotopic (exact) mass is 403 g/mol. The van der Waals surface area contributed by atoms with Crippen LogP contribution in [0.4, 0.5) is 23.3 Å². The predicted molar refractivity (Wildman–Crippen MR) is 118 cm³/mol. The number of aromatic nitrogens is 2. The molecule has 3 heterocycles. The second kappa shape index (κ2) is 8.49. The van der Waals surface area contributed by atoms with Gasteiger partial charge in [0.05, 0.1) is 0 Å². The third kappa shape index (κ3) is 4.25. The van der Waals surface area contributed by atoms with E-state index in [-0.39, 0.29) is 6.79 Å². The Balaban J connectivity index is 1.37. The number of benzene rings is 2. The second-order valence-corrected chi connectivity index (χ2v) is 7.52. The van der Waals surface area contributed by atoms with Crippen molar-refractivity contribution in [1.82, 2.24) is 9.97 Å². The van der Waals surface area contributed by atoms with Gasteiger partial charge in [-0.25, -0.2) is 0 Å². The number of hydrogen-bond acceptors (Lipinski definition) is 7. The van der Waals surface area contributed by atoms with Crippen LogP contribution in [0.2, 0.25) is 0 Å². The first kappa shape index (κ1) is 18.5. The minimum Gasteiger partial charge on any atom is -0.454 e. The van der Waals surface area contributed by atoms with E-state index in [9.17, 15) is 0 Å². The molecule has 0 unspecified atom stereocenters. The van der Waals surface area contributed by atoms with E-state index in [1.54, 1.807) is 0 Å². The maximum Gasteiger partial charge on any atom is 0.231 e. The number of hydrogen-bond donors (Lipinski definition) is 2. The average Bonchev–Trinajstić information content (AvgIpc) is 3.27. The maximum atomic E-state index is 5.48. The molecule has 0 spiro atoms. The highest BCUT2D eigenvalue weighted by Gasteiger charge is 2.16. The van der Waals surface area contributed by atoms with E-state index in [2.05, 4.69) is 15.5 Å². The van der Waals surface area contributed by atoms with Gasteiger partial charge in [0.1, 0.15) is 11.6 Å². The van der Waals surface area contributed by atoms with E-state index in [1.165, 1.54) is 19.3 Å². The van der Waals surface area contributed by atoms with Gasteiger partial charge in [-0.2, -0.15) is 9.97 Å². The van der Waals surface area contributed by atoms with Gasteiger partial charge in [-0.15, -0.1) is 0 Å². The molecule has 7 nitrogen and oxygen atoms in total. The highest BCUT2D eigenvalue weighted by atomic mass is 16.7. The summed E-state index contributed by atoms with van der Waals surface area (Å²) in [4.78, 5) is 11.8. The summed E-state index contributed by atoms with van der Waals surface area (Å²) < 4.78 is 10.9. The zero-order valence-electron chi connectivity index (χ0n) is 16.8. The van der Waals surface area contributed by atoms with Crippen LogP contribution >= 0.6 is 0 Å². The Bertz CT molecular complexity index is 1010. The van der Waals surface area contributed by atoms with Gasteiger partial charge in [-0.3, -0.25) is 0 Å². The smallest absolute Gasteiger partial charge is 0.231 e. The summed E-state index contributed by atoms with van der Waals surface area (Å²) in [7, 11) is 0. The zero-order valence-corrected chi connectivity index (χ0v) is 16.8. The lowest BCUT2D eigenvalue weighted by Gasteiger charge is -2.27. The molecule has 1 aromatic heterocycles. The van der Waals surface area contributed by atoms with Crippen molar-refractivity contribution in [3.8, 4) is 11.5 Å². The Morgan fingerprint density at radius 2 is 1.63 bits per heavy atom. The Hall–Kier alpha value is -3.48. The first-order valence-electron chi connectivity index (χ1n) is 10.4. The van der Waals surface area contributed by atoms with Crippen molar-refractivity contribution in [3.63, 3.8) is 0 Å². The van der Waals surface area contributed by atoms with Crippen molar-refractivity contribution in [2.24, 2.45) is 0 Å². The summed E-state index contributed by atoms with van der Waals surface area (Å²) in [6, 6.07) is 18.0. The quantitative estimate of drug-likeness (QED) is 0.625. The van der Waals surface area contributed by atoms with Gasteiger partial charge in [0, 0.05) is 31.4 Å². The fourth-order valence-corrected chi connectivity index (χ4v) is 3.74. The minimum absolute atomic E-state index is 0.284. The summed E-state index contributed by atoms with van der Waals surface area (Å²) in [6.07, 6.45) is 3.63. The largest absolute Gasteiger partial charge is 0.454 e. The summed E-state index contributed by atoms with van der Waals surface area (Å²) in [5.74, 6) is 3.93. The van der Waals surface area contributed by atoms with E-state index < -0.39 is 0 Å². The first-order valence-corrected chi connectivity index (χ1v) is 10.4. The fraction of sp³-hybridized carbons (Fsp3) is 0.304. The molecule has 0 saturated carbocycles. The zero-order chi connectivity index (χ0) is 20.2. The molecule has 1 fully saturated rings. The van der Waals surface area contributed by atoms with Gasteiger partial charge in [0.2, 0.25) is 12.7 Å². The van der Waals surface area contributed by atoms with Gasteiger partial charge in [-0.1, -0.05) is 24.3 Å². The summed E-state index contributed by atoms with van der Waals surface area (Å²) in [6.45, 7) is 2.91. The Morgan fingerprint density at radius 3 is 2.50 bits per heavy atom. The molecule has 7 heteroatoms. The molecule has 2 aromatic carbocycles. The van der Waals surface area contributed by atoms with E-state index in [0.29, 0.717) is 6.54 Å². The van der Waals surface area contributed by atoms with E-state index in [4.69, 9.17) is 19.4 Å². The molecule has 0 atom stereocenters. The molecule has 0 aliphatic carbocycles. The van der Waals surface area contributed by atoms with Crippen molar-refractivity contribution >= 4 is 23.3 Å². The van der Waals surface area contributed by atoms with Gasteiger partial charge >= 0.3 is 0 Å². The van der Waals surface area contributed by atoms with Crippen LogP contribution in [-0.2, 0) is 6.54 Å². The van der Waals surface area contributed by atoms with E-state index in [1.807, 2.05) is 54.6 Å². The highest BCUT2D eigenvalue weighted by Crippen LogP contribution is 2.32. The molecule has 2 aliphatic rings. The third-order valence-corrected chi connectivity index (χ3v) is 5.31. The maximum absolute atomic E-state index is 5.48. The third-order valence-electron chi connectivity index (χ3n) is 5.31. The van der Waals surface area contributed by atoms with Crippen LogP contribution in [-0.4, -0.2) is 29.9 Å². The summed E-state index contributed by atoms with van der Waals surface area (Å²) in [5, 5.41) is 6.85. The molecular weight excluding hydrogens is 378 g/mol. The highest BCUT2D eigenvalue weighted by molar-refractivity contribution is 5.61. The Kier molecular flexibility index (Phi) is 5.25. The van der Waals surface area contributed by atoms with Gasteiger partial charge < -0.3 is 25.0 Å². The summed E-state index contributed by atoms with van der Waals surface area (Å²) >= 11 is 0. The lowest BCUT2D eigenvalue weighted by atomic mass is 10.1. The number of nitrogens with zero attached hydrogens (tertiary/aromatic N) is 3. The molecule has 3 aromatic rings. The van der Waals surface area contributed by atoms with Gasteiger partial charge in [0.15, 0.2) is 11.5 Å². The molecule has 0 radical (unpaired) electrons.